The fraction of sp³-hybridized carbons (Fsp3) is 0.447. The Hall–Kier alpha value is -3.90. The SMILES string of the molecule is CC(c1ccc(C#CC2CCN(CCCCC(=O)O)CC2)c2ccccc12)N1CCC(C(=O)NCc2ccc3cncn3c2)CC1.Cl. The molecule has 8 nitrogen and oxygen atoms in total. The van der Waals surface area contributed by atoms with Crippen molar-refractivity contribution in [2.75, 3.05) is 32.7 Å². The maximum absolute atomic E-state index is 13.0. The van der Waals surface area contributed by atoms with Crippen molar-refractivity contribution in [2.24, 2.45) is 11.8 Å². The summed E-state index contributed by atoms with van der Waals surface area (Å²) < 4.78 is 1.98. The molecule has 248 valence electrons. The monoisotopic (exact) mass is 655 g/mol. The molecular weight excluding hydrogens is 610 g/mol. The van der Waals surface area contributed by atoms with Crippen LogP contribution in [0.2, 0.25) is 0 Å². The Morgan fingerprint density at radius 3 is 2.51 bits per heavy atom. The number of carboxylic acids is 1. The second kappa shape index (κ2) is 16.3. The van der Waals surface area contributed by atoms with Crippen molar-refractivity contribution in [1.29, 1.82) is 0 Å². The van der Waals surface area contributed by atoms with E-state index in [9.17, 15) is 9.59 Å². The number of piperidine rings is 2. The number of nitrogens with zero attached hydrogens (tertiary/aromatic N) is 4. The summed E-state index contributed by atoms with van der Waals surface area (Å²) in [5.41, 5.74) is 4.51. The Balaban J connectivity index is 0.00000433. The molecule has 0 spiro atoms. The number of hydrogen-bond donors (Lipinski definition) is 2. The van der Waals surface area contributed by atoms with Crippen LogP contribution in [-0.4, -0.2) is 68.9 Å². The van der Waals surface area contributed by atoms with E-state index in [1.54, 1.807) is 6.33 Å². The van der Waals surface area contributed by atoms with Gasteiger partial charge in [-0.1, -0.05) is 48.2 Å². The third-order valence-electron chi connectivity index (χ3n) is 9.91. The van der Waals surface area contributed by atoms with Crippen molar-refractivity contribution in [1.82, 2.24) is 24.5 Å². The van der Waals surface area contributed by atoms with Crippen molar-refractivity contribution in [2.45, 2.75) is 64.5 Å². The summed E-state index contributed by atoms with van der Waals surface area (Å²) >= 11 is 0. The van der Waals surface area contributed by atoms with E-state index in [1.165, 1.54) is 16.3 Å². The lowest BCUT2D eigenvalue weighted by Gasteiger charge is -2.36. The first kappa shape index (κ1) is 34.4. The Kier molecular flexibility index (Phi) is 11.9. The van der Waals surface area contributed by atoms with Crippen LogP contribution in [0.4, 0.5) is 0 Å². The molecule has 4 heterocycles. The number of unbranched alkanes of at least 4 members (excludes halogenated alkanes) is 1. The molecule has 0 aliphatic carbocycles. The predicted molar refractivity (Wildman–Crippen MR) is 188 cm³/mol. The molecule has 6 rings (SSSR count). The number of carbonyl (C=O) groups excluding carboxylic acids is 1. The Labute approximate surface area is 283 Å². The highest BCUT2D eigenvalue weighted by atomic mass is 35.5. The van der Waals surface area contributed by atoms with Gasteiger partial charge in [-0.2, -0.15) is 0 Å². The number of imidazole rings is 1. The van der Waals surface area contributed by atoms with Crippen LogP contribution in [0.1, 0.15) is 74.6 Å². The number of likely N-dealkylation sites (tertiary alicyclic amines) is 2. The van der Waals surface area contributed by atoms with Crippen LogP contribution in [0.5, 0.6) is 0 Å². The van der Waals surface area contributed by atoms with E-state index in [1.807, 2.05) is 28.9 Å². The molecule has 1 amide bonds. The van der Waals surface area contributed by atoms with E-state index >= 15 is 0 Å². The average Bonchev–Trinajstić information content (AvgIpc) is 3.56. The van der Waals surface area contributed by atoms with Crippen LogP contribution in [0.25, 0.3) is 16.3 Å². The minimum absolute atomic E-state index is 0. The lowest BCUT2D eigenvalue weighted by atomic mass is 9.91. The van der Waals surface area contributed by atoms with Crippen LogP contribution in [0.3, 0.4) is 0 Å². The highest BCUT2D eigenvalue weighted by Crippen LogP contribution is 2.33. The number of pyridine rings is 1. The number of aliphatic carboxylic acids is 1. The van der Waals surface area contributed by atoms with Gasteiger partial charge in [0.25, 0.3) is 0 Å². The Bertz CT molecular complexity index is 1730. The van der Waals surface area contributed by atoms with E-state index in [0.717, 1.165) is 87.9 Å². The van der Waals surface area contributed by atoms with E-state index < -0.39 is 5.97 Å². The van der Waals surface area contributed by atoms with Gasteiger partial charge in [-0.15, -0.1) is 12.4 Å². The molecule has 2 fully saturated rings. The zero-order valence-corrected chi connectivity index (χ0v) is 28.1. The van der Waals surface area contributed by atoms with Crippen molar-refractivity contribution >= 4 is 40.6 Å². The Morgan fingerprint density at radius 1 is 0.979 bits per heavy atom. The van der Waals surface area contributed by atoms with Crippen molar-refractivity contribution in [3.05, 3.63) is 83.9 Å². The molecule has 1 atom stereocenters. The van der Waals surface area contributed by atoms with E-state index in [0.29, 0.717) is 12.5 Å². The van der Waals surface area contributed by atoms with Crippen molar-refractivity contribution < 1.29 is 14.7 Å². The highest BCUT2D eigenvalue weighted by Gasteiger charge is 2.28. The third-order valence-corrected chi connectivity index (χ3v) is 9.91. The maximum atomic E-state index is 13.0. The summed E-state index contributed by atoms with van der Waals surface area (Å²) in [6.45, 7) is 7.65. The largest absolute Gasteiger partial charge is 0.481 e. The molecule has 0 radical (unpaired) electrons. The first-order chi connectivity index (χ1) is 22.4. The van der Waals surface area contributed by atoms with Crippen molar-refractivity contribution in [3.63, 3.8) is 0 Å². The number of nitrogens with one attached hydrogen (secondary N) is 1. The van der Waals surface area contributed by atoms with Gasteiger partial charge in [-0.3, -0.25) is 14.5 Å². The first-order valence-electron chi connectivity index (χ1n) is 16.8. The third kappa shape index (κ3) is 8.72. The van der Waals surface area contributed by atoms with Gasteiger partial charge in [0.2, 0.25) is 5.91 Å². The van der Waals surface area contributed by atoms with Gasteiger partial charge in [0, 0.05) is 42.6 Å². The minimum atomic E-state index is -0.706. The molecule has 2 aromatic carbocycles. The van der Waals surface area contributed by atoms with E-state index in [2.05, 4.69) is 75.3 Å². The number of rotatable bonds is 10. The quantitative estimate of drug-likeness (QED) is 0.154. The topological polar surface area (TPSA) is 90.2 Å². The highest BCUT2D eigenvalue weighted by molar-refractivity contribution is 5.91. The Morgan fingerprint density at radius 2 is 1.74 bits per heavy atom. The number of benzene rings is 2. The molecule has 0 bridgehead atoms. The molecule has 2 aromatic heterocycles. The molecule has 2 aliphatic rings. The van der Waals surface area contributed by atoms with E-state index in [-0.39, 0.29) is 36.7 Å². The van der Waals surface area contributed by atoms with Crippen molar-refractivity contribution in [3.8, 4) is 11.8 Å². The zero-order chi connectivity index (χ0) is 31.9. The molecule has 4 aromatic rings. The van der Waals surface area contributed by atoms with Crippen LogP contribution >= 0.6 is 12.4 Å². The number of carboxylic acid groups (broad SMARTS) is 1. The van der Waals surface area contributed by atoms with Crippen LogP contribution in [-0.2, 0) is 16.1 Å². The summed E-state index contributed by atoms with van der Waals surface area (Å²) in [5.74, 6) is 6.99. The maximum Gasteiger partial charge on any atom is 0.303 e. The summed E-state index contributed by atoms with van der Waals surface area (Å²) in [6.07, 6.45) is 11.4. The van der Waals surface area contributed by atoms with Gasteiger partial charge in [-0.05, 0) is 112 Å². The summed E-state index contributed by atoms with van der Waals surface area (Å²) in [4.78, 5) is 32.9. The molecule has 2 N–H and O–H groups in total. The smallest absolute Gasteiger partial charge is 0.303 e. The summed E-state index contributed by atoms with van der Waals surface area (Å²) in [7, 11) is 0. The second-order valence-electron chi connectivity index (χ2n) is 13.0. The summed E-state index contributed by atoms with van der Waals surface area (Å²) in [6, 6.07) is 17.4. The molecule has 0 saturated carbocycles. The molecule has 47 heavy (non-hydrogen) atoms. The van der Waals surface area contributed by atoms with Gasteiger partial charge in [-0.25, -0.2) is 4.98 Å². The average molecular weight is 656 g/mol. The number of hydrogen-bond acceptors (Lipinski definition) is 5. The number of aromatic nitrogens is 2. The summed E-state index contributed by atoms with van der Waals surface area (Å²) in [5, 5.41) is 14.5. The van der Waals surface area contributed by atoms with Gasteiger partial charge in [0.1, 0.15) is 0 Å². The van der Waals surface area contributed by atoms with Gasteiger partial charge < -0.3 is 19.7 Å². The lowest BCUT2D eigenvalue weighted by Crippen LogP contribution is -2.41. The lowest BCUT2D eigenvalue weighted by molar-refractivity contribution is -0.137. The fourth-order valence-corrected chi connectivity index (χ4v) is 7.04. The number of fused-ring (bicyclic) bond motifs is 2. The fourth-order valence-electron chi connectivity index (χ4n) is 7.04. The van der Waals surface area contributed by atoms with Crippen LogP contribution in [0, 0.1) is 23.7 Å². The second-order valence-corrected chi connectivity index (χ2v) is 13.0. The van der Waals surface area contributed by atoms with Gasteiger partial charge >= 0.3 is 5.97 Å². The molecule has 9 heteroatoms. The standard InChI is InChI=1S/C38H45N5O3.ClH/c1-28(42-22-17-32(18-23-42)38(46)40-24-30-10-13-33-25-39-27-43(33)26-30)34-14-12-31(35-6-2-3-7-36(34)35)11-9-29-15-20-41(21-16-29)19-5-4-8-37(44)45;/h2-3,6-7,10,12-14,25-29,32H,4-5,8,15-24H2,1H3,(H,40,46)(H,44,45);1H. The molecule has 2 saturated heterocycles. The number of carbonyl (C=O) groups is 2. The molecule has 1 unspecified atom stereocenters. The molecule has 2 aliphatic heterocycles. The van der Waals surface area contributed by atoms with Crippen LogP contribution < -0.4 is 5.32 Å². The molecular formula is C38H46ClN5O3. The number of halogens is 1. The predicted octanol–water partition coefficient (Wildman–Crippen LogP) is 6.32. The van der Waals surface area contributed by atoms with Gasteiger partial charge in [0.05, 0.1) is 18.0 Å². The first-order valence-corrected chi connectivity index (χ1v) is 16.8. The minimum Gasteiger partial charge on any atom is -0.481 e. The number of amides is 1. The zero-order valence-electron chi connectivity index (χ0n) is 27.2. The van der Waals surface area contributed by atoms with Gasteiger partial charge in [0.15, 0.2) is 0 Å². The van der Waals surface area contributed by atoms with E-state index in [4.69, 9.17) is 5.11 Å². The normalized spacial score (nSPS) is 17.1. The van der Waals surface area contributed by atoms with Crippen LogP contribution in [0.15, 0.2) is 67.3 Å².